The molecule has 0 heterocycles. The minimum absolute atomic E-state index is 0.175. The number of hydrogen-bond donors (Lipinski definition) is 1. The van der Waals surface area contributed by atoms with Gasteiger partial charge in [-0.3, -0.25) is 0 Å². The molecule has 0 spiro atoms. The van der Waals surface area contributed by atoms with Crippen LogP contribution < -0.4 is 0 Å². The molecule has 0 aliphatic rings. The van der Waals surface area contributed by atoms with Gasteiger partial charge in [0.2, 0.25) is 0 Å². The number of hydrogen-bond acceptors (Lipinski definition) is 2. The Labute approximate surface area is 95.8 Å². The molecule has 1 aromatic carbocycles. The molecule has 0 saturated carbocycles. The monoisotopic (exact) mass is 228 g/mol. The third-order valence-corrected chi connectivity index (χ3v) is 2.82. The molecule has 1 aromatic rings. The molecular weight excluding hydrogens is 212 g/mol. The van der Waals surface area contributed by atoms with Crippen LogP contribution in [0.15, 0.2) is 24.3 Å². The van der Waals surface area contributed by atoms with Gasteiger partial charge in [-0.2, -0.15) is 0 Å². The summed E-state index contributed by atoms with van der Waals surface area (Å²) in [5.74, 6) is 0.227. The van der Waals surface area contributed by atoms with Crippen LogP contribution in [-0.2, 0) is 11.2 Å². The lowest BCUT2D eigenvalue weighted by Gasteiger charge is -2.14. The van der Waals surface area contributed by atoms with E-state index < -0.39 is 0 Å². The fourth-order valence-electron chi connectivity index (χ4n) is 1.52. The van der Waals surface area contributed by atoms with E-state index in [9.17, 15) is 5.11 Å². The van der Waals surface area contributed by atoms with E-state index in [1.807, 2.05) is 24.3 Å². The molecule has 0 fully saturated rings. The quantitative estimate of drug-likeness (QED) is 0.811. The Morgan fingerprint density at radius 1 is 1.40 bits per heavy atom. The Bertz CT molecular complexity index is 289. The standard InChI is InChI=1S/C12H17ClO2/c1-15-7-6-10(9-14)8-11-4-2-3-5-12(11)13/h2-5,10,14H,6-9H2,1H3. The predicted octanol–water partition coefficient (Wildman–Crippen LogP) is 2.53. The molecule has 84 valence electrons. The van der Waals surface area contributed by atoms with Crippen LogP contribution >= 0.6 is 11.6 Å². The van der Waals surface area contributed by atoms with E-state index in [1.54, 1.807) is 7.11 Å². The normalized spacial score (nSPS) is 12.7. The van der Waals surface area contributed by atoms with Crippen molar-refractivity contribution in [3.63, 3.8) is 0 Å². The molecule has 0 saturated heterocycles. The summed E-state index contributed by atoms with van der Waals surface area (Å²) >= 11 is 6.05. The number of halogens is 1. The average molecular weight is 229 g/mol. The van der Waals surface area contributed by atoms with E-state index in [-0.39, 0.29) is 12.5 Å². The summed E-state index contributed by atoms with van der Waals surface area (Å²) in [6.07, 6.45) is 1.66. The minimum Gasteiger partial charge on any atom is -0.396 e. The summed E-state index contributed by atoms with van der Waals surface area (Å²) in [7, 11) is 1.67. The molecule has 15 heavy (non-hydrogen) atoms. The largest absolute Gasteiger partial charge is 0.396 e. The number of benzene rings is 1. The van der Waals surface area contributed by atoms with Gasteiger partial charge in [0, 0.05) is 25.3 Å². The van der Waals surface area contributed by atoms with Crippen molar-refractivity contribution in [1.82, 2.24) is 0 Å². The van der Waals surface area contributed by atoms with Crippen LogP contribution in [0, 0.1) is 5.92 Å². The molecule has 1 rings (SSSR count). The third kappa shape index (κ3) is 4.20. The zero-order valence-electron chi connectivity index (χ0n) is 8.95. The molecule has 0 bridgehead atoms. The Morgan fingerprint density at radius 3 is 2.73 bits per heavy atom. The molecule has 0 aliphatic carbocycles. The van der Waals surface area contributed by atoms with Gasteiger partial charge >= 0.3 is 0 Å². The van der Waals surface area contributed by atoms with Crippen LogP contribution in [0.5, 0.6) is 0 Å². The molecule has 0 radical (unpaired) electrons. The lowest BCUT2D eigenvalue weighted by atomic mass is 9.97. The van der Waals surface area contributed by atoms with Crippen LogP contribution in [0.25, 0.3) is 0 Å². The second kappa shape index (κ2) is 6.83. The van der Waals surface area contributed by atoms with Gasteiger partial charge in [0.05, 0.1) is 0 Å². The van der Waals surface area contributed by atoms with Gasteiger partial charge in [0.1, 0.15) is 0 Å². The fourth-order valence-corrected chi connectivity index (χ4v) is 1.73. The lowest BCUT2D eigenvalue weighted by molar-refractivity contribution is 0.147. The third-order valence-electron chi connectivity index (χ3n) is 2.45. The summed E-state index contributed by atoms with van der Waals surface area (Å²) in [6, 6.07) is 7.75. The molecule has 1 atom stereocenters. The molecule has 0 aromatic heterocycles. The number of methoxy groups -OCH3 is 1. The van der Waals surface area contributed by atoms with E-state index in [1.165, 1.54) is 0 Å². The second-order valence-electron chi connectivity index (χ2n) is 3.63. The van der Waals surface area contributed by atoms with Crippen molar-refractivity contribution >= 4 is 11.6 Å². The zero-order valence-corrected chi connectivity index (χ0v) is 9.70. The van der Waals surface area contributed by atoms with Crippen LogP contribution in [0.4, 0.5) is 0 Å². The number of ether oxygens (including phenoxy) is 1. The van der Waals surface area contributed by atoms with Gasteiger partial charge in [-0.15, -0.1) is 0 Å². The molecule has 1 unspecified atom stereocenters. The van der Waals surface area contributed by atoms with Gasteiger partial charge in [-0.1, -0.05) is 29.8 Å². The summed E-state index contributed by atoms with van der Waals surface area (Å²) in [6.45, 7) is 0.851. The number of aliphatic hydroxyl groups is 1. The Morgan fingerprint density at radius 2 is 2.13 bits per heavy atom. The first-order valence-electron chi connectivity index (χ1n) is 5.11. The molecule has 0 amide bonds. The summed E-state index contributed by atoms with van der Waals surface area (Å²) in [5, 5.41) is 9.98. The van der Waals surface area contributed by atoms with Crippen molar-refractivity contribution in [2.75, 3.05) is 20.3 Å². The number of aliphatic hydroxyl groups excluding tert-OH is 1. The summed E-state index contributed by atoms with van der Waals surface area (Å²) in [5.41, 5.74) is 1.09. The molecular formula is C12H17ClO2. The van der Waals surface area contributed by atoms with Gasteiger partial charge in [0.15, 0.2) is 0 Å². The van der Waals surface area contributed by atoms with Crippen molar-refractivity contribution in [2.24, 2.45) is 5.92 Å². The maximum Gasteiger partial charge on any atom is 0.0465 e. The van der Waals surface area contributed by atoms with Crippen LogP contribution in [0.1, 0.15) is 12.0 Å². The van der Waals surface area contributed by atoms with Gasteiger partial charge in [-0.25, -0.2) is 0 Å². The maximum absolute atomic E-state index is 9.21. The van der Waals surface area contributed by atoms with E-state index >= 15 is 0 Å². The van der Waals surface area contributed by atoms with Gasteiger partial charge < -0.3 is 9.84 Å². The average Bonchev–Trinajstić information content (AvgIpc) is 2.26. The zero-order chi connectivity index (χ0) is 11.1. The topological polar surface area (TPSA) is 29.5 Å². The van der Waals surface area contributed by atoms with Crippen molar-refractivity contribution in [3.05, 3.63) is 34.9 Å². The van der Waals surface area contributed by atoms with Crippen LogP contribution in [0.3, 0.4) is 0 Å². The molecule has 3 heteroatoms. The Hall–Kier alpha value is -0.570. The Kier molecular flexibility index (Phi) is 5.69. The van der Waals surface area contributed by atoms with Crippen molar-refractivity contribution in [3.8, 4) is 0 Å². The summed E-state index contributed by atoms with van der Waals surface area (Å²) in [4.78, 5) is 0. The summed E-state index contributed by atoms with van der Waals surface area (Å²) < 4.78 is 5.00. The second-order valence-corrected chi connectivity index (χ2v) is 4.03. The van der Waals surface area contributed by atoms with Crippen molar-refractivity contribution < 1.29 is 9.84 Å². The highest BCUT2D eigenvalue weighted by Crippen LogP contribution is 2.20. The first kappa shape index (κ1) is 12.5. The molecule has 0 aliphatic heterocycles. The smallest absolute Gasteiger partial charge is 0.0465 e. The van der Waals surface area contributed by atoms with Crippen molar-refractivity contribution in [1.29, 1.82) is 0 Å². The van der Waals surface area contributed by atoms with Gasteiger partial charge in [-0.05, 0) is 30.4 Å². The first-order chi connectivity index (χ1) is 7.27. The highest BCUT2D eigenvalue weighted by Gasteiger charge is 2.10. The Balaban J connectivity index is 2.54. The maximum atomic E-state index is 9.21. The highest BCUT2D eigenvalue weighted by atomic mass is 35.5. The predicted molar refractivity (Wildman–Crippen MR) is 62.2 cm³/mol. The van der Waals surface area contributed by atoms with E-state index in [0.29, 0.717) is 6.61 Å². The SMILES string of the molecule is COCCC(CO)Cc1ccccc1Cl. The van der Waals surface area contributed by atoms with Crippen LogP contribution in [0.2, 0.25) is 5.02 Å². The minimum atomic E-state index is 0.175. The lowest BCUT2D eigenvalue weighted by Crippen LogP contribution is -2.12. The first-order valence-corrected chi connectivity index (χ1v) is 5.49. The van der Waals surface area contributed by atoms with Gasteiger partial charge in [0.25, 0.3) is 0 Å². The fraction of sp³-hybridized carbons (Fsp3) is 0.500. The van der Waals surface area contributed by atoms with Crippen LogP contribution in [-0.4, -0.2) is 25.4 Å². The van der Waals surface area contributed by atoms with Crippen molar-refractivity contribution in [2.45, 2.75) is 12.8 Å². The highest BCUT2D eigenvalue weighted by molar-refractivity contribution is 6.31. The molecule has 2 nitrogen and oxygen atoms in total. The van der Waals surface area contributed by atoms with E-state index in [4.69, 9.17) is 16.3 Å². The number of rotatable bonds is 6. The molecule has 1 N–H and O–H groups in total. The van der Waals surface area contributed by atoms with E-state index in [2.05, 4.69) is 0 Å². The van der Waals surface area contributed by atoms with E-state index in [0.717, 1.165) is 23.4 Å².